The molecule has 1 aromatic rings. The maximum Gasteiger partial charge on any atom is 0.0614 e. The molecule has 1 heterocycles. The highest BCUT2D eigenvalue weighted by atomic mass is 35.5. The normalized spacial score (nSPS) is 18.9. The van der Waals surface area contributed by atoms with Gasteiger partial charge in [0.1, 0.15) is 0 Å². The van der Waals surface area contributed by atoms with Crippen molar-refractivity contribution in [3.05, 3.63) is 22.2 Å². The number of anilines is 2. The zero-order valence-electron chi connectivity index (χ0n) is 9.48. The molecule has 0 spiro atoms. The van der Waals surface area contributed by atoms with Gasteiger partial charge >= 0.3 is 0 Å². The molecule has 0 fully saturated rings. The third-order valence-corrected chi connectivity index (χ3v) is 3.44. The summed E-state index contributed by atoms with van der Waals surface area (Å²) in [6.45, 7) is 5.39. The zero-order valence-corrected chi connectivity index (χ0v) is 11.0. The van der Waals surface area contributed by atoms with Crippen molar-refractivity contribution in [2.45, 2.75) is 26.3 Å². The number of nitrogens with one attached hydrogen (secondary N) is 2. The van der Waals surface area contributed by atoms with Crippen molar-refractivity contribution in [3.8, 4) is 0 Å². The fraction of sp³-hybridized carbons (Fsp3) is 0.500. The van der Waals surface area contributed by atoms with E-state index in [2.05, 4.69) is 24.5 Å². The summed E-state index contributed by atoms with van der Waals surface area (Å²) < 4.78 is 0. The quantitative estimate of drug-likeness (QED) is 0.829. The summed E-state index contributed by atoms with van der Waals surface area (Å²) in [7, 11) is 0. The summed E-state index contributed by atoms with van der Waals surface area (Å²) in [6.07, 6.45) is 1.15. The zero-order chi connectivity index (χ0) is 11.7. The van der Waals surface area contributed by atoms with Crippen molar-refractivity contribution in [2.24, 2.45) is 5.92 Å². The van der Waals surface area contributed by atoms with Crippen LogP contribution in [0.5, 0.6) is 0 Å². The lowest BCUT2D eigenvalue weighted by atomic mass is 10.0. The molecule has 4 heteroatoms. The van der Waals surface area contributed by atoms with Gasteiger partial charge in [-0.3, -0.25) is 0 Å². The summed E-state index contributed by atoms with van der Waals surface area (Å²) in [5.41, 5.74) is 2.08. The highest BCUT2D eigenvalue weighted by molar-refractivity contribution is 6.42. The SMILES string of the molecule is CC(C)CC1CNc2cc(Cl)c(Cl)cc2N1. The second kappa shape index (κ2) is 4.72. The Morgan fingerprint density at radius 3 is 2.50 bits per heavy atom. The predicted octanol–water partition coefficient (Wildman–Crippen LogP) is 4.25. The molecule has 2 rings (SSSR count). The molecule has 0 amide bonds. The van der Waals surface area contributed by atoms with Gasteiger partial charge in [-0.2, -0.15) is 0 Å². The van der Waals surface area contributed by atoms with Crippen LogP contribution >= 0.6 is 23.2 Å². The van der Waals surface area contributed by atoms with E-state index >= 15 is 0 Å². The van der Waals surface area contributed by atoms with Crippen molar-refractivity contribution < 1.29 is 0 Å². The Labute approximate surface area is 106 Å². The number of halogens is 2. The fourth-order valence-corrected chi connectivity index (χ4v) is 2.36. The molecule has 0 aromatic heterocycles. The van der Waals surface area contributed by atoms with Crippen LogP contribution in [-0.4, -0.2) is 12.6 Å². The van der Waals surface area contributed by atoms with E-state index in [1.807, 2.05) is 12.1 Å². The first-order chi connectivity index (χ1) is 7.56. The number of hydrogen-bond donors (Lipinski definition) is 2. The summed E-state index contributed by atoms with van der Waals surface area (Å²) in [5, 5.41) is 8.06. The standard InChI is InChI=1S/C12H16Cl2N2/c1-7(2)3-8-6-15-11-4-9(13)10(14)5-12(11)16-8/h4-5,7-8,15-16H,3,6H2,1-2H3. The predicted molar refractivity (Wildman–Crippen MR) is 71.8 cm³/mol. The van der Waals surface area contributed by atoms with Gasteiger partial charge in [0.2, 0.25) is 0 Å². The molecular weight excluding hydrogens is 243 g/mol. The highest BCUT2D eigenvalue weighted by Crippen LogP contribution is 2.35. The van der Waals surface area contributed by atoms with Crippen LogP contribution in [0.1, 0.15) is 20.3 Å². The van der Waals surface area contributed by atoms with E-state index in [0.29, 0.717) is 22.0 Å². The lowest BCUT2D eigenvalue weighted by Gasteiger charge is -2.29. The minimum atomic E-state index is 0.463. The Morgan fingerprint density at radius 1 is 1.25 bits per heavy atom. The van der Waals surface area contributed by atoms with Crippen LogP contribution in [0.3, 0.4) is 0 Å². The van der Waals surface area contributed by atoms with Gasteiger partial charge in [0.25, 0.3) is 0 Å². The van der Waals surface area contributed by atoms with Crippen LogP contribution in [0, 0.1) is 5.92 Å². The van der Waals surface area contributed by atoms with Crippen LogP contribution in [0.4, 0.5) is 11.4 Å². The summed E-state index contributed by atoms with van der Waals surface area (Å²) in [6, 6.07) is 4.22. The van der Waals surface area contributed by atoms with E-state index in [1.165, 1.54) is 0 Å². The van der Waals surface area contributed by atoms with Crippen molar-refractivity contribution in [3.63, 3.8) is 0 Å². The smallest absolute Gasteiger partial charge is 0.0614 e. The largest absolute Gasteiger partial charge is 0.381 e. The molecule has 0 saturated heterocycles. The van der Waals surface area contributed by atoms with E-state index in [0.717, 1.165) is 24.3 Å². The molecule has 1 aromatic carbocycles. The molecule has 1 aliphatic rings. The fourth-order valence-electron chi connectivity index (χ4n) is 2.03. The van der Waals surface area contributed by atoms with Crippen molar-refractivity contribution in [2.75, 3.05) is 17.2 Å². The highest BCUT2D eigenvalue weighted by Gasteiger charge is 2.19. The van der Waals surface area contributed by atoms with Gasteiger partial charge in [0.15, 0.2) is 0 Å². The molecule has 16 heavy (non-hydrogen) atoms. The molecule has 88 valence electrons. The third kappa shape index (κ3) is 2.55. The van der Waals surface area contributed by atoms with E-state index in [1.54, 1.807) is 0 Å². The van der Waals surface area contributed by atoms with E-state index < -0.39 is 0 Å². The lowest BCUT2D eigenvalue weighted by molar-refractivity contribution is 0.525. The number of benzene rings is 1. The van der Waals surface area contributed by atoms with Gasteiger partial charge in [-0.1, -0.05) is 37.0 Å². The first-order valence-electron chi connectivity index (χ1n) is 5.55. The molecule has 1 aliphatic heterocycles. The van der Waals surface area contributed by atoms with Crippen LogP contribution in [0.25, 0.3) is 0 Å². The monoisotopic (exact) mass is 258 g/mol. The van der Waals surface area contributed by atoms with Gasteiger partial charge in [-0.15, -0.1) is 0 Å². The molecular formula is C12H16Cl2N2. The number of fused-ring (bicyclic) bond motifs is 1. The summed E-state index contributed by atoms with van der Waals surface area (Å²) in [5.74, 6) is 0.684. The lowest BCUT2D eigenvalue weighted by Crippen LogP contribution is -2.34. The second-order valence-electron chi connectivity index (χ2n) is 4.66. The second-order valence-corrected chi connectivity index (χ2v) is 5.48. The van der Waals surface area contributed by atoms with Crippen LogP contribution < -0.4 is 10.6 Å². The van der Waals surface area contributed by atoms with Gasteiger partial charge in [-0.05, 0) is 24.5 Å². The maximum absolute atomic E-state index is 6.00. The average molecular weight is 259 g/mol. The Kier molecular flexibility index (Phi) is 3.50. The minimum absolute atomic E-state index is 0.463. The first kappa shape index (κ1) is 11.9. The van der Waals surface area contributed by atoms with Crippen LogP contribution in [0.2, 0.25) is 10.0 Å². The number of rotatable bonds is 2. The van der Waals surface area contributed by atoms with E-state index in [-0.39, 0.29) is 0 Å². The molecule has 0 bridgehead atoms. The average Bonchev–Trinajstić information content (AvgIpc) is 2.19. The number of hydrogen-bond acceptors (Lipinski definition) is 2. The first-order valence-corrected chi connectivity index (χ1v) is 6.31. The molecule has 2 N–H and O–H groups in total. The molecule has 1 unspecified atom stereocenters. The van der Waals surface area contributed by atoms with Crippen molar-refractivity contribution in [1.82, 2.24) is 0 Å². The van der Waals surface area contributed by atoms with Gasteiger partial charge in [0, 0.05) is 12.6 Å². The Morgan fingerprint density at radius 2 is 1.88 bits per heavy atom. The summed E-state index contributed by atoms with van der Waals surface area (Å²) in [4.78, 5) is 0. The Balaban J connectivity index is 2.17. The third-order valence-electron chi connectivity index (χ3n) is 2.71. The van der Waals surface area contributed by atoms with Crippen molar-refractivity contribution in [1.29, 1.82) is 0 Å². The molecule has 1 atom stereocenters. The molecule has 2 nitrogen and oxygen atoms in total. The van der Waals surface area contributed by atoms with Gasteiger partial charge < -0.3 is 10.6 Å². The van der Waals surface area contributed by atoms with Crippen LogP contribution in [-0.2, 0) is 0 Å². The minimum Gasteiger partial charge on any atom is -0.381 e. The van der Waals surface area contributed by atoms with Gasteiger partial charge in [-0.25, -0.2) is 0 Å². The Bertz CT molecular complexity index is 391. The molecule has 0 radical (unpaired) electrons. The van der Waals surface area contributed by atoms with E-state index in [9.17, 15) is 0 Å². The maximum atomic E-state index is 6.00. The van der Waals surface area contributed by atoms with Crippen LogP contribution in [0.15, 0.2) is 12.1 Å². The van der Waals surface area contributed by atoms with Crippen molar-refractivity contribution >= 4 is 34.6 Å². The molecule has 0 aliphatic carbocycles. The summed E-state index contributed by atoms with van der Waals surface area (Å²) >= 11 is 12.0. The topological polar surface area (TPSA) is 24.1 Å². The molecule has 0 saturated carbocycles. The Hall–Kier alpha value is -0.600. The van der Waals surface area contributed by atoms with E-state index in [4.69, 9.17) is 23.2 Å². The van der Waals surface area contributed by atoms with Gasteiger partial charge in [0.05, 0.1) is 21.4 Å².